The van der Waals surface area contributed by atoms with Gasteiger partial charge in [0.05, 0.1) is 0 Å². The standard InChI is InChI=1S/C9H16O2S2/c1-7-6-8(13-12-7)4-2-3-5-9(10)11/h7-8H,2-6H2,1H3,(H,10,11)/t7?,8-/m1/s1. The van der Waals surface area contributed by atoms with E-state index in [4.69, 9.17) is 5.11 Å². The predicted octanol–water partition coefficient (Wildman–Crippen LogP) is 3.17. The Morgan fingerprint density at radius 2 is 2.23 bits per heavy atom. The van der Waals surface area contributed by atoms with E-state index >= 15 is 0 Å². The number of unbranched alkanes of at least 4 members (excludes halogenated alkanes) is 1. The topological polar surface area (TPSA) is 37.3 Å². The van der Waals surface area contributed by atoms with Gasteiger partial charge in [-0.1, -0.05) is 34.9 Å². The molecule has 2 nitrogen and oxygen atoms in total. The number of carbonyl (C=O) groups is 1. The second-order valence-corrected chi connectivity index (χ2v) is 6.51. The molecule has 1 rings (SSSR count). The lowest BCUT2D eigenvalue weighted by molar-refractivity contribution is -0.137. The normalized spacial score (nSPS) is 27.8. The molecule has 1 unspecified atom stereocenters. The summed E-state index contributed by atoms with van der Waals surface area (Å²) in [7, 11) is 3.95. The average molecular weight is 220 g/mol. The fourth-order valence-corrected chi connectivity index (χ4v) is 4.65. The van der Waals surface area contributed by atoms with E-state index in [0.29, 0.717) is 6.42 Å². The third kappa shape index (κ3) is 4.81. The molecule has 0 saturated carbocycles. The van der Waals surface area contributed by atoms with Gasteiger partial charge in [-0.2, -0.15) is 0 Å². The number of carboxylic acids is 1. The highest BCUT2D eigenvalue weighted by molar-refractivity contribution is 8.77. The van der Waals surface area contributed by atoms with E-state index in [-0.39, 0.29) is 0 Å². The highest BCUT2D eigenvalue weighted by Crippen LogP contribution is 2.44. The minimum Gasteiger partial charge on any atom is -0.481 e. The molecule has 76 valence electrons. The van der Waals surface area contributed by atoms with E-state index in [1.54, 1.807) is 0 Å². The molecule has 1 saturated heterocycles. The molecule has 1 N–H and O–H groups in total. The second-order valence-electron chi connectivity index (χ2n) is 3.50. The van der Waals surface area contributed by atoms with Crippen LogP contribution >= 0.6 is 21.6 Å². The first kappa shape index (κ1) is 11.2. The van der Waals surface area contributed by atoms with Crippen molar-refractivity contribution in [2.45, 2.75) is 49.5 Å². The van der Waals surface area contributed by atoms with Gasteiger partial charge in [0.15, 0.2) is 0 Å². The van der Waals surface area contributed by atoms with E-state index in [9.17, 15) is 4.79 Å². The lowest BCUT2D eigenvalue weighted by Gasteiger charge is -2.05. The quantitative estimate of drug-likeness (QED) is 0.570. The molecule has 1 aliphatic rings. The molecule has 1 heterocycles. The maximum atomic E-state index is 10.2. The SMILES string of the molecule is CC1C[C@@H](CCCCC(=O)O)SS1. The highest BCUT2D eigenvalue weighted by Gasteiger charge is 2.22. The molecule has 0 amide bonds. The molecule has 2 atom stereocenters. The van der Waals surface area contributed by atoms with Crippen LogP contribution in [0.15, 0.2) is 0 Å². The van der Waals surface area contributed by atoms with Crippen molar-refractivity contribution in [3.05, 3.63) is 0 Å². The zero-order valence-corrected chi connectivity index (χ0v) is 9.50. The molecule has 0 bridgehead atoms. The van der Waals surface area contributed by atoms with Gasteiger partial charge in [-0.15, -0.1) is 0 Å². The van der Waals surface area contributed by atoms with Gasteiger partial charge in [0, 0.05) is 16.9 Å². The van der Waals surface area contributed by atoms with Gasteiger partial charge < -0.3 is 5.11 Å². The molecule has 1 fully saturated rings. The molecule has 0 aromatic carbocycles. The smallest absolute Gasteiger partial charge is 0.303 e. The summed E-state index contributed by atoms with van der Waals surface area (Å²) in [6, 6.07) is 0. The van der Waals surface area contributed by atoms with Crippen LogP contribution in [0, 0.1) is 0 Å². The fourth-order valence-electron chi connectivity index (χ4n) is 1.44. The molecule has 4 heteroatoms. The van der Waals surface area contributed by atoms with Crippen LogP contribution < -0.4 is 0 Å². The molecule has 0 aromatic rings. The molecule has 0 aromatic heterocycles. The number of aliphatic carboxylic acids is 1. The highest BCUT2D eigenvalue weighted by atomic mass is 33.1. The zero-order valence-electron chi connectivity index (χ0n) is 7.86. The summed E-state index contributed by atoms with van der Waals surface area (Å²) in [6.07, 6.45) is 4.72. The maximum Gasteiger partial charge on any atom is 0.303 e. The fraction of sp³-hybridized carbons (Fsp3) is 0.889. The Bertz CT molecular complexity index is 173. The average Bonchev–Trinajstić information content (AvgIpc) is 2.45. The van der Waals surface area contributed by atoms with E-state index < -0.39 is 5.97 Å². The van der Waals surface area contributed by atoms with Crippen molar-refractivity contribution >= 4 is 27.6 Å². The third-order valence-electron chi connectivity index (χ3n) is 2.12. The number of rotatable bonds is 5. The Hall–Kier alpha value is 0.170. The van der Waals surface area contributed by atoms with Gasteiger partial charge in [-0.3, -0.25) is 4.79 Å². The van der Waals surface area contributed by atoms with Crippen LogP contribution in [0.4, 0.5) is 0 Å². The van der Waals surface area contributed by atoms with Gasteiger partial charge in [0.1, 0.15) is 0 Å². The molecular formula is C9H16O2S2. The summed E-state index contributed by atoms with van der Waals surface area (Å²) in [4.78, 5) is 10.2. The van der Waals surface area contributed by atoms with Crippen LogP contribution in [0.3, 0.4) is 0 Å². The van der Waals surface area contributed by atoms with Crippen molar-refractivity contribution in [1.29, 1.82) is 0 Å². The van der Waals surface area contributed by atoms with Crippen LogP contribution in [-0.2, 0) is 4.79 Å². The van der Waals surface area contributed by atoms with E-state index in [1.807, 2.05) is 21.6 Å². The second kappa shape index (κ2) is 5.81. The summed E-state index contributed by atoms with van der Waals surface area (Å²) in [5.41, 5.74) is 0. The molecule has 0 spiro atoms. The van der Waals surface area contributed by atoms with E-state index in [0.717, 1.165) is 23.3 Å². The zero-order chi connectivity index (χ0) is 9.68. The lowest BCUT2D eigenvalue weighted by atomic mass is 10.1. The van der Waals surface area contributed by atoms with Crippen molar-refractivity contribution in [2.24, 2.45) is 0 Å². The Labute approximate surface area is 87.3 Å². The van der Waals surface area contributed by atoms with Crippen molar-refractivity contribution in [3.63, 3.8) is 0 Å². The Morgan fingerprint density at radius 1 is 1.46 bits per heavy atom. The van der Waals surface area contributed by atoms with Gasteiger partial charge >= 0.3 is 5.97 Å². The maximum absolute atomic E-state index is 10.2. The number of carboxylic acid groups (broad SMARTS) is 1. The van der Waals surface area contributed by atoms with Crippen LogP contribution in [0.2, 0.25) is 0 Å². The number of hydrogen-bond donors (Lipinski definition) is 1. The Kier molecular flexibility index (Phi) is 5.02. The third-order valence-corrected chi connectivity index (χ3v) is 5.59. The summed E-state index contributed by atoms with van der Waals surface area (Å²) >= 11 is 0. The first-order chi connectivity index (χ1) is 6.18. The monoisotopic (exact) mass is 220 g/mol. The molecule has 0 aliphatic carbocycles. The molecule has 13 heavy (non-hydrogen) atoms. The minimum atomic E-state index is -0.665. The van der Waals surface area contributed by atoms with Gasteiger partial charge in [0.25, 0.3) is 0 Å². The van der Waals surface area contributed by atoms with Crippen LogP contribution in [0.5, 0.6) is 0 Å². The summed E-state index contributed by atoms with van der Waals surface area (Å²) < 4.78 is 0. The van der Waals surface area contributed by atoms with E-state index in [1.165, 1.54) is 12.8 Å². The van der Waals surface area contributed by atoms with Gasteiger partial charge in [-0.05, 0) is 19.3 Å². The number of hydrogen-bond acceptors (Lipinski definition) is 3. The van der Waals surface area contributed by atoms with Crippen LogP contribution in [0.25, 0.3) is 0 Å². The molecular weight excluding hydrogens is 204 g/mol. The Morgan fingerprint density at radius 3 is 2.77 bits per heavy atom. The minimum absolute atomic E-state index is 0.333. The largest absolute Gasteiger partial charge is 0.481 e. The first-order valence-electron chi connectivity index (χ1n) is 4.72. The lowest BCUT2D eigenvalue weighted by Crippen LogP contribution is -2.02. The van der Waals surface area contributed by atoms with Crippen LogP contribution in [0.1, 0.15) is 39.0 Å². The van der Waals surface area contributed by atoms with E-state index in [2.05, 4.69) is 6.92 Å². The van der Waals surface area contributed by atoms with Crippen molar-refractivity contribution in [3.8, 4) is 0 Å². The van der Waals surface area contributed by atoms with Crippen molar-refractivity contribution in [1.82, 2.24) is 0 Å². The predicted molar refractivity (Wildman–Crippen MR) is 59.2 cm³/mol. The summed E-state index contributed by atoms with van der Waals surface area (Å²) in [5.74, 6) is -0.665. The van der Waals surface area contributed by atoms with Crippen molar-refractivity contribution in [2.75, 3.05) is 0 Å². The van der Waals surface area contributed by atoms with Gasteiger partial charge in [-0.25, -0.2) is 0 Å². The molecule has 0 radical (unpaired) electrons. The van der Waals surface area contributed by atoms with Crippen molar-refractivity contribution < 1.29 is 9.90 Å². The summed E-state index contributed by atoms with van der Waals surface area (Å²) in [6.45, 7) is 2.26. The first-order valence-corrected chi connectivity index (χ1v) is 7.00. The summed E-state index contributed by atoms with van der Waals surface area (Å²) in [5, 5.41) is 10.00. The van der Waals surface area contributed by atoms with Crippen LogP contribution in [-0.4, -0.2) is 21.6 Å². The Balaban J connectivity index is 1.97. The molecule has 1 aliphatic heterocycles. The van der Waals surface area contributed by atoms with Gasteiger partial charge in [0.2, 0.25) is 0 Å².